The summed E-state index contributed by atoms with van der Waals surface area (Å²) in [6, 6.07) is 8.26. The van der Waals surface area contributed by atoms with Gasteiger partial charge >= 0.3 is 12.0 Å². The zero-order valence-electron chi connectivity index (χ0n) is 24.6. The zero-order valence-corrected chi connectivity index (χ0v) is 25.4. The molecule has 0 radical (unpaired) electrons. The van der Waals surface area contributed by atoms with Gasteiger partial charge in [0.2, 0.25) is 11.8 Å². The molecule has 2 aliphatic heterocycles. The second-order valence-corrected chi connectivity index (χ2v) is 12.1. The number of benzene rings is 1. The van der Waals surface area contributed by atoms with Crippen molar-refractivity contribution in [3.05, 3.63) is 35.9 Å². The van der Waals surface area contributed by atoms with Crippen LogP contribution >= 0.6 is 11.8 Å². The Morgan fingerprint density at radius 1 is 1.02 bits per heavy atom. The molecule has 1 aromatic carbocycles. The van der Waals surface area contributed by atoms with Crippen LogP contribution < -0.4 is 16.0 Å². The van der Waals surface area contributed by atoms with Crippen LogP contribution in [0.4, 0.5) is 4.79 Å². The van der Waals surface area contributed by atoms with Crippen LogP contribution in [0.25, 0.3) is 0 Å². The van der Waals surface area contributed by atoms with Gasteiger partial charge in [0.05, 0.1) is 12.0 Å². The van der Waals surface area contributed by atoms with E-state index in [4.69, 9.17) is 4.74 Å². The van der Waals surface area contributed by atoms with Crippen molar-refractivity contribution in [1.29, 1.82) is 0 Å². The SMILES string of the molecule is CNC1CCN(C(=O)N[C@H](C(=O)N2CSC[C@@H]2NC(=O)[C@@H](Cc2ccccc2)C(=O)C(=O)OC(C)C)C(C)C)CC1. The minimum absolute atomic E-state index is 0.0153. The Bertz CT molecular complexity index is 1080. The van der Waals surface area contributed by atoms with Gasteiger partial charge in [-0.3, -0.25) is 14.4 Å². The van der Waals surface area contributed by atoms with Crippen LogP contribution in [-0.2, 0) is 30.3 Å². The van der Waals surface area contributed by atoms with E-state index in [1.807, 2.05) is 27.0 Å². The molecule has 12 heteroatoms. The average Bonchev–Trinajstić information content (AvgIpc) is 3.41. The number of rotatable bonds is 11. The highest BCUT2D eigenvalue weighted by molar-refractivity contribution is 7.99. The van der Waals surface area contributed by atoms with Crippen LogP contribution in [0.1, 0.15) is 46.1 Å². The molecule has 4 amide bonds. The van der Waals surface area contributed by atoms with Gasteiger partial charge < -0.3 is 30.5 Å². The number of urea groups is 1. The molecular weight excluding hydrogens is 546 g/mol. The second-order valence-electron chi connectivity index (χ2n) is 11.1. The van der Waals surface area contributed by atoms with Crippen LogP contribution in [0.15, 0.2) is 30.3 Å². The van der Waals surface area contributed by atoms with Crippen molar-refractivity contribution >= 4 is 41.4 Å². The van der Waals surface area contributed by atoms with Crippen molar-refractivity contribution in [3.63, 3.8) is 0 Å². The lowest BCUT2D eigenvalue weighted by atomic mass is 9.94. The highest BCUT2D eigenvalue weighted by Gasteiger charge is 2.40. The van der Waals surface area contributed by atoms with E-state index in [2.05, 4.69) is 16.0 Å². The van der Waals surface area contributed by atoms with Crippen molar-refractivity contribution in [3.8, 4) is 0 Å². The summed E-state index contributed by atoms with van der Waals surface area (Å²) in [4.78, 5) is 69.0. The lowest BCUT2D eigenvalue weighted by molar-refractivity contribution is -0.160. The smallest absolute Gasteiger partial charge is 0.375 e. The number of carbonyl (C=O) groups excluding carboxylic acids is 5. The van der Waals surface area contributed by atoms with E-state index >= 15 is 0 Å². The summed E-state index contributed by atoms with van der Waals surface area (Å²) in [6.07, 6.45) is 0.492. The van der Waals surface area contributed by atoms with E-state index in [0.29, 0.717) is 36.3 Å². The number of ketones is 1. The van der Waals surface area contributed by atoms with E-state index in [-0.39, 0.29) is 24.3 Å². The third kappa shape index (κ3) is 8.93. The maximum atomic E-state index is 13.7. The monoisotopic (exact) mass is 589 g/mol. The first-order valence-electron chi connectivity index (χ1n) is 14.2. The normalized spacial score (nSPS) is 19.1. The Morgan fingerprint density at radius 2 is 1.68 bits per heavy atom. The summed E-state index contributed by atoms with van der Waals surface area (Å²) in [5, 5.41) is 8.98. The van der Waals surface area contributed by atoms with Crippen molar-refractivity contribution in [2.75, 3.05) is 31.8 Å². The highest BCUT2D eigenvalue weighted by Crippen LogP contribution is 2.23. The summed E-state index contributed by atoms with van der Waals surface area (Å²) >= 11 is 1.46. The standard InChI is InChI=1S/C29H43N5O6S/c1-18(2)24(32-29(39)33-13-11-21(30-5)12-14-33)27(37)34-17-41-16-23(34)31-26(36)22(15-20-9-7-6-8-10-20)25(35)28(38)40-19(3)4/h6-10,18-19,21-24,30H,11-17H2,1-5H3,(H,31,36)(H,32,39)/t22-,23+,24-/m0/s1. The Balaban J connectivity index is 1.71. The quantitative estimate of drug-likeness (QED) is 0.202. The van der Waals surface area contributed by atoms with Gasteiger partial charge in [-0.05, 0) is 51.6 Å². The fraction of sp³-hybridized carbons (Fsp3) is 0.621. The van der Waals surface area contributed by atoms with Crippen LogP contribution in [0.3, 0.4) is 0 Å². The first kappa shape index (κ1) is 32.4. The number of nitrogens with one attached hydrogen (secondary N) is 3. The molecule has 0 spiro atoms. The number of nitrogens with zero attached hydrogens (tertiary/aromatic N) is 2. The summed E-state index contributed by atoms with van der Waals surface area (Å²) < 4.78 is 5.08. The van der Waals surface area contributed by atoms with Crippen molar-refractivity contribution in [1.82, 2.24) is 25.8 Å². The van der Waals surface area contributed by atoms with Gasteiger partial charge in [0.15, 0.2) is 0 Å². The third-order valence-corrected chi connectivity index (χ3v) is 8.35. The summed E-state index contributed by atoms with van der Waals surface area (Å²) in [7, 11) is 1.91. The molecule has 2 saturated heterocycles. The highest BCUT2D eigenvalue weighted by atomic mass is 32.2. The number of Topliss-reactive ketones (excluding diaryl/α,β-unsaturated/α-hetero) is 1. The van der Waals surface area contributed by atoms with Crippen LogP contribution in [-0.4, -0.2) is 95.5 Å². The molecule has 41 heavy (non-hydrogen) atoms. The average molecular weight is 590 g/mol. The molecule has 0 saturated carbocycles. The fourth-order valence-corrected chi connectivity index (χ4v) is 6.00. The number of thioether (sulfide) groups is 1. The number of hydrogen-bond donors (Lipinski definition) is 3. The first-order valence-corrected chi connectivity index (χ1v) is 15.4. The van der Waals surface area contributed by atoms with Gasteiger partial charge in [0, 0.05) is 24.9 Å². The molecular formula is C29H43N5O6S. The summed E-state index contributed by atoms with van der Waals surface area (Å²) in [5.41, 5.74) is 0.716. The van der Waals surface area contributed by atoms with Gasteiger partial charge in [0.1, 0.15) is 18.1 Å². The Morgan fingerprint density at radius 3 is 2.27 bits per heavy atom. The number of piperidine rings is 1. The van der Waals surface area contributed by atoms with Crippen LogP contribution in [0.5, 0.6) is 0 Å². The van der Waals surface area contributed by atoms with Crippen molar-refractivity contribution in [2.45, 2.75) is 71.3 Å². The van der Waals surface area contributed by atoms with Gasteiger partial charge in [-0.2, -0.15) is 0 Å². The minimum atomic E-state index is -1.31. The maximum absolute atomic E-state index is 13.7. The molecule has 0 bridgehead atoms. The molecule has 0 aromatic heterocycles. The lowest BCUT2D eigenvalue weighted by Gasteiger charge is -2.35. The van der Waals surface area contributed by atoms with Crippen molar-refractivity contribution in [2.24, 2.45) is 11.8 Å². The largest absolute Gasteiger partial charge is 0.457 e. The minimum Gasteiger partial charge on any atom is -0.457 e. The first-order chi connectivity index (χ1) is 19.5. The topological polar surface area (TPSA) is 137 Å². The third-order valence-electron chi connectivity index (χ3n) is 7.34. The summed E-state index contributed by atoms with van der Waals surface area (Å²) in [5.74, 6) is -3.72. The van der Waals surface area contributed by atoms with Crippen molar-refractivity contribution < 1.29 is 28.7 Å². The van der Waals surface area contributed by atoms with E-state index in [0.717, 1.165) is 12.8 Å². The lowest BCUT2D eigenvalue weighted by Crippen LogP contribution is -2.59. The molecule has 3 atom stereocenters. The van der Waals surface area contributed by atoms with E-state index < -0.39 is 41.9 Å². The Hall–Kier alpha value is -3.12. The predicted molar refractivity (Wildman–Crippen MR) is 157 cm³/mol. The molecule has 0 aliphatic carbocycles. The fourth-order valence-electron chi connectivity index (χ4n) is 4.90. The molecule has 2 heterocycles. The molecule has 2 aliphatic rings. The van der Waals surface area contributed by atoms with E-state index in [1.54, 1.807) is 43.0 Å². The Kier molecular flexibility index (Phi) is 12.0. The second kappa shape index (κ2) is 15.2. The Labute approximate surface area is 246 Å². The molecule has 226 valence electrons. The van der Waals surface area contributed by atoms with Gasteiger partial charge in [0.25, 0.3) is 5.78 Å². The predicted octanol–water partition coefficient (Wildman–Crippen LogP) is 1.76. The number of carbonyl (C=O) groups is 5. The van der Waals surface area contributed by atoms with Gasteiger partial charge in [-0.15, -0.1) is 11.8 Å². The van der Waals surface area contributed by atoms with Gasteiger partial charge in [-0.25, -0.2) is 9.59 Å². The zero-order chi connectivity index (χ0) is 30.1. The van der Waals surface area contributed by atoms with E-state index in [9.17, 15) is 24.0 Å². The summed E-state index contributed by atoms with van der Waals surface area (Å²) in [6.45, 7) is 8.19. The molecule has 3 N–H and O–H groups in total. The molecule has 3 rings (SSSR count). The molecule has 1 aromatic rings. The number of hydrogen-bond acceptors (Lipinski definition) is 8. The van der Waals surface area contributed by atoms with Crippen LogP contribution in [0.2, 0.25) is 0 Å². The molecule has 0 unspecified atom stereocenters. The molecule has 11 nitrogen and oxygen atoms in total. The number of ether oxygens (including phenoxy) is 1. The number of esters is 1. The van der Waals surface area contributed by atoms with Crippen LogP contribution in [0, 0.1) is 11.8 Å². The maximum Gasteiger partial charge on any atom is 0.375 e. The number of amides is 4. The molecule has 2 fully saturated rings. The number of likely N-dealkylation sites (tertiary alicyclic amines) is 1. The van der Waals surface area contributed by atoms with Gasteiger partial charge in [-0.1, -0.05) is 44.2 Å². The van der Waals surface area contributed by atoms with E-state index in [1.165, 1.54) is 16.7 Å².